The molecule has 754 valence electrons. The molecular weight excluding hydrogens is 1870 g/mol. The van der Waals surface area contributed by atoms with Crippen LogP contribution in [0.1, 0.15) is 168 Å². The molecule has 9 aliphatic heterocycles. The SMILES string of the molecule is CC(Nc1nc(C2CCC(F)C2)n2ncc(/C=C3\CC(=O)NC3=O)c2n1)C1CC1.CN(C)c1nc(N2CCC(F)C2)n2ncc(/C=C3\CC(=O)NC3=O)c2n1.CN1CCCN(c2nc(NC3CC3)n3ncc(/C=C4\CC(=O)NC4=O)c3n2)CC1.O=C1C/C(=C\c2cnn3c(NC4CC4)nc(N4CCCOCC4)nc23)C(=O)N1.O=C1C/C(=C\c2cnn3c(NC4CC4)nc(N4CCN(c5ccccn5)CC4)nc23)C(=O)N1. The summed E-state index contributed by atoms with van der Waals surface area (Å²) in [6, 6.07) is 7.40. The van der Waals surface area contributed by atoms with Gasteiger partial charge in [-0.05, 0) is 159 Å². The van der Waals surface area contributed by atoms with Gasteiger partial charge < -0.3 is 60.3 Å². The molecule has 11 aromatic rings. The van der Waals surface area contributed by atoms with Gasteiger partial charge in [-0.2, -0.15) is 97.9 Å². The summed E-state index contributed by atoms with van der Waals surface area (Å²) in [5.74, 6) is 4.23. The van der Waals surface area contributed by atoms with Crippen molar-refractivity contribution in [1.82, 2.24) is 134 Å². The van der Waals surface area contributed by atoms with E-state index in [2.05, 4.69) is 132 Å². The number of imide groups is 5. The van der Waals surface area contributed by atoms with Gasteiger partial charge in [0.2, 0.25) is 83.1 Å². The third-order valence-corrected chi connectivity index (χ3v) is 27.1. The molecule has 9 N–H and O–H groups in total. The van der Waals surface area contributed by atoms with Crippen LogP contribution in [0.25, 0.3) is 58.6 Å². The smallest absolute Gasteiger partial charge is 0.254 e. The normalized spacial score (nSPS) is 22.6. The van der Waals surface area contributed by atoms with Crippen molar-refractivity contribution in [3.63, 3.8) is 0 Å². The van der Waals surface area contributed by atoms with E-state index >= 15 is 0 Å². The minimum Gasteiger partial charge on any atom is -0.380 e. The van der Waals surface area contributed by atoms with Gasteiger partial charge in [-0.3, -0.25) is 74.5 Å². The van der Waals surface area contributed by atoms with Crippen molar-refractivity contribution >= 4 is 177 Å². The van der Waals surface area contributed by atoms with E-state index in [1.807, 2.05) is 43.4 Å². The van der Waals surface area contributed by atoms with E-state index in [4.69, 9.17) is 39.6 Å². The zero-order chi connectivity index (χ0) is 100.0. The first-order valence-corrected chi connectivity index (χ1v) is 49.2. The van der Waals surface area contributed by atoms with Gasteiger partial charge in [0.05, 0.1) is 76.2 Å². The Morgan fingerprint density at radius 2 is 0.841 bits per heavy atom. The number of hydrogen-bond acceptors (Lipinski definition) is 38. The summed E-state index contributed by atoms with van der Waals surface area (Å²) in [6.45, 7) is 12.8. The van der Waals surface area contributed by atoms with Crippen LogP contribution in [0.2, 0.25) is 0 Å². The van der Waals surface area contributed by atoms with Gasteiger partial charge in [0.15, 0.2) is 28.2 Å². The molecule has 4 atom stereocenters. The van der Waals surface area contributed by atoms with Crippen molar-refractivity contribution in [2.45, 2.75) is 171 Å². The lowest BCUT2D eigenvalue weighted by atomic mass is 10.1. The number of likely N-dealkylation sites (N-methyl/N-ethyl adjacent to an activating group) is 1. The number of alkyl halides is 2. The number of nitrogens with zero attached hydrogens (tertiary/aromatic N) is 28. The average molecular weight is 1980 g/mol. The predicted octanol–water partition coefficient (Wildman–Crippen LogP) is 4.01. The lowest BCUT2D eigenvalue weighted by Gasteiger charge is -2.35. The fourth-order valence-electron chi connectivity index (χ4n) is 18.5. The maximum absolute atomic E-state index is 13.9. The van der Waals surface area contributed by atoms with Gasteiger partial charge in [0.25, 0.3) is 29.5 Å². The molecule has 9 saturated heterocycles. The monoisotopic (exact) mass is 1980 g/mol. The molecule has 4 unspecified atom stereocenters. The van der Waals surface area contributed by atoms with Crippen molar-refractivity contribution in [3.8, 4) is 0 Å². The van der Waals surface area contributed by atoms with E-state index in [1.165, 1.54) is 12.8 Å². The standard InChI is InChI=1S/C22H23N9O2.C20H23FN6O2.C19H24N8O2.C18H21N7O3.C16H18FN7O2/c32-18-12-14(20(33)26-18)11-15-13-24-31-19(15)27-21(28-22(31)25-16-4-5-16)30-9-7-29(8-10-30)17-3-1-2-6-23-17;1-10(11-2-3-11)23-20-25-17(12-4-5-15(21)7-12)27-18(26-20)14(9-22-27)6-13-8-16(28)24-19(13)29;1-25-5-2-6-26(8-7-25)18-23-16-13(9-12-10-15(28)22-17(12)29)11-20-27(16)19(24-18)21-14-3-4-14;26-14-9-11(16(27)21-14)8-12-10-19-25-15(12)22-17(23-18(25)20-13-2-3-13)24-4-1-6-28-7-5-24;1-22(2)15-20-13-10(5-9-6-12(25)19-14(9)26)7-18-24(13)16(21-15)23-4-3-11(17)8-23/h1-3,6,11,13,16H,4-5,7-10,12H2,(H,25,27,28)(H,26,32,33);6,9-12,15H,2-5,7-8H2,1H3,(H,23,26)(H,24,28,29);9,11,14H,2-8,10H2,1H3,(H,21,23,24)(H,22,28,29);8,10,13H,1-7,9H2,(H,20,22,23)(H,21,26,27);5,7,11H,3-4,6,8H2,1-2H3,(H,19,25,26)/b14-11+;13-6+;12-9+;11-8+;9-5+. The second kappa shape index (κ2) is 40.8. The zero-order valence-electron chi connectivity index (χ0n) is 80.3. The van der Waals surface area contributed by atoms with E-state index in [1.54, 1.807) is 88.8 Å². The summed E-state index contributed by atoms with van der Waals surface area (Å²) in [5.41, 5.74) is 8.24. The third-order valence-electron chi connectivity index (χ3n) is 27.1. The molecular formula is C95H109F2N37O11. The molecule has 50 heteroatoms. The van der Waals surface area contributed by atoms with E-state index in [-0.39, 0.29) is 104 Å². The van der Waals surface area contributed by atoms with Crippen LogP contribution in [0.4, 0.5) is 68.1 Å². The van der Waals surface area contributed by atoms with Crippen molar-refractivity contribution in [1.29, 1.82) is 0 Å². The van der Waals surface area contributed by atoms with Crippen LogP contribution in [-0.4, -0.2) is 316 Å². The number of fused-ring (bicyclic) bond motifs is 5. The molecule has 0 bridgehead atoms. The Hall–Kier alpha value is -15.9. The molecule has 14 fully saturated rings. The topological polar surface area (TPSA) is 539 Å². The van der Waals surface area contributed by atoms with Crippen LogP contribution in [0.5, 0.6) is 0 Å². The summed E-state index contributed by atoms with van der Waals surface area (Å²) < 4.78 is 41.3. The largest absolute Gasteiger partial charge is 0.380 e. The molecule has 0 spiro atoms. The number of carbonyl (C=O) groups is 10. The first-order chi connectivity index (χ1) is 70.3. The van der Waals surface area contributed by atoms with Crippen LogP contribution in [0.15, 0.2) is 83.2 Å². The maximum atomic E-state index is 13.9. The minimum atomic E-state index is -0.895. The third kappa shape index (κ3) is 21.9. The summed E-state index contributed by atoms with van der Waals surface area (Å²) in [7, 11) is 5.76. The second-order valence-corrected chi connectivity index (χ2v) is 38.7. The Kier molecular flexibility index (Phi) is 26.8. The van der Waals surface area contributed by atoms with Gasteiger partial charge >= 0.3 is 0 Å². The van der Waals surface area contributed by atoms with Crippen molar-refractivity contribution in [2.75, 3.05) is 164 Å². The highest BCUT2D eigenvalue weighted by molar-refractivity contribution is 6.19. The van der Waals surface area contributed by atoms with Crippen LogP contribution in [0.3, 0.4) is 0 Å². The van der Waals surface area contributed by atoms with Gasteiger partial charge in [0, 0.05) is 178 Å². The number of halogens is 2. The summed E-state index contributed by atoms with van der Waals surface area (Å²) in [5, 5.41) is 47.2. The highest BCUT2D eigenvalue weighted by atomic mass is 19.1. The fraction of sp³-hybridized carbons (Fsp3) is 0.474. The first-order valence-electron chi connectivity index (χ1n) is 49.2. The molecule has 5 aliphatic carbocycles. The average Bonchev–Trinajstić information content (AvgIpc) is 1.64. The van der Waals surface area contributed by atoms with Crippen molar-refractivity contribution in [3.05, 3.63) is 117 Å². The summed E-state index contributed by atoms with van der Waals surface area (Å²) >= 11 is 0. The molecule has 145 heavy (non-hydrogen) atoms. The lowest BCUT2D eigenvalue weighted by molar-refractivity contribution is -0.125. The van der Waals surface area contributed by atoms with Crippen molar-refractivity contribution < 1.29 is 61.5 Å². The van der Waals surface area contributed by atoms with Gasteiger partial charge in [-0.25, -0.2) is 13.8 Å². The molecule has 10 amide bonds. The Morgan fingerprint density at radius 3 is 1.26 bits per heavy atom. The van der Waals surface area contributed by atoms with Gasteiger partial charge in [-0.15, -0.1) is 0 Å². The molecule has 48 nitrogen and oxygen atoms in total. The summed E-state index contributed by atoms with van der Waals surface area (Å²) in [4.78, 5) is 183. The van der Waals surface area contributed by atoms with Crippen molar-refractivity contribution in [2.24, 2.45) is 5.92 Å². The Labute approximate surface area is 826 Å². The summed E-state index contributed by atoms with van der Waals surface area (Å²) in [6.07, 6.45) is 30.1. The number of hydrogen-bond donors (Lipinski definition) is 9. The zero-order valence-corrected chi connectivity index (χ0v) is 80.3. The molecule has 0 aromatic carbocycles. The lowest BCUT2D eigenvalue weighted by Crippen LogP contribution is -2.47. The van der Waals surface area contributed by atoms with E-state index in [9.17, 15) is 56.7 Å². The highest BCUT2D eigenvalue weighted by Gasteiger charge is 2.38. The number of rotatable bonds is 21. The van der Waals surface area contributed by atoms with Crippen LogP contribution in [-0.2, 0) is 52.7 Å². The van der Waals surface area contributed by atoms with Gasteiger partial charge in [-0.1, -0.05) is 6.07 Å². The number of nitrogens with one attached hydrogen (secondary N) is 9. The van der Waals surface area contributed by atoms with Crippen LogP contribution in [0, 0.1) is 5.92 Å². The highest BCUT2D eigenvalue weighted by Crippen LogP contribution is 2.40. The van der Waals surface area contributed by atoms with Crippen LogP contribution < -0.4 is 77.3 Å². The Morgan fingerprint density at radius 1 is 0.414 bits per heavy atom. The molecule has 0 radical (unpaired) electrons. The first kappa shape index (κ1) is 95.3. The fourth-order valence-corrected chi connectivity index (χ4v) is 18.5. The number of piperazine rings is 1. The molecule has 11 aromatic heterocycles. The number of pyridine rings is 1. The Bertz CT molecular complexity index is 7130. The van der Waals surface area contributed by atoms with E-state index in [0.29, 0.717) is 200 Å². The molecule has 5 saturated carbocycles. The molecule has 20 heterocycles. The van der Waals surface area contributed by atoms with E-state index in [0.717, 1.165) is 136 Å². The van der Waals surface area contributed by atoms with Gasteiger partial charge in [0.1, 0.15) is 24.0 Å². The number of anilines is 10. The molecule has 25 rings (SSSR count). The quantitative estimate of drug-likeness (QED) is 0.0362. The second-order valence-electron chi connectivity index (χ2n) is 38.7. The number of aromatic nitrogens is 21. The van der Waals surface area contributed by atoms with E-state index < -0.39 is 18.3 Å². The molecule has 14 aliphatic rings. The Balaban J connectivity index is 0.000000107. The number of ether oxygens (including phenoxy) is 1. The van der Waals surface area contributed by atoms with Crippen LogP contribution >= 0.6 is 0 Å². The number of carbonyl (C=O) groups excluding carboxylic acids is 10. The minimum absolute atomic E-state index is 0.0240. The predicted molar refractivity (Wildman–Crippen MR) is 527 cm³/mol. The number of amides is 10. The maximum Gasteiger partial charge on any atom is 0.254 e.